The van der Waals surface area contributed by atoms with Crippen LogP contribution in [0.5, 0.6) is 0 Å². The van der Waals surface area contributed by atoms with Gasteiger partial charge in [-0.3, -0.25) is 4.98 Å². The fourth-order valence-electron chi connectivity index (χ4n) is 2.73. The summed E-state index contributed by atoms with van der Waals surface area (Å²) in [5, 5.41) is 0. The van der Waals surface area contributed by atoms with Crippen molar-refractivity contribution < 1.29 is 13.2 Å². The predicted molar refractivity (Wildman–Crippen MR) is 76.6 cm³/mol. The fraction of sp³-hybridized carbons (Fsp3) is 0.235. The molecule has 1 heterocycles. The minimum Gasteiger partial charge on any atom is -0.264 e. The Labute approximate surface area is 121 Å². The van der Waals surface area contributed by atoms with Gasteiger partial charge in [0.2, 0.25) is 0 Å². The number of benzene rings is 1. The zero-order valence-electron chi connectivity index (χ0n) is 11.6. The SMILES string of the molecule is C=C1CCc2cncc(-c3ccc(C(C)(F)F)cc3F)c21. The highest BCUT2D eigenvalue weighted by atomic mass is 19.3. The average molecular weight is 289 g/mol. The van der Waals surface area contributed by atoms with Crippen LogP contribution in [-0.4, -0.2) is 4.98 Å². The van der Waals surface area contributed by atoms with Gasteiger partial charge in [0, 0.05) is 36.0 Å². The molecule has 21 heavy (non-hydrogen) atoms. The van der Waals surface area contributed by atoms with Crippen LogP contribution in [-0.2, 0) is 12.3 Å². The summed E-state index contributed by atoms with van der Waals surface area (Å²) in [7, 11) is 0. The molecule has 0 N–H and O–H groups in total. The Kier molecular flexibility index (Phi) is 3.12. The number of halogens is 3. The maximum Gasteiger partial charge on any atom is 0.270 e. The van der Waals surface area contributed by atoms with Gasteiger partial charge in [0.05, 0.1) is 0 Å². The number of nitrogens with zero attached hydrogens (tertiary/aromatic N) is 1. The number of alkyl halides is 2. The molecule has 0 spiro atoms. The molecule has 0 saturated heterocycles. The van der Waals surface area contributed by atoms with Crippen molar-refractivity contribution >= 4 is 5.57 Å². The van der Waals surface area contributed by atoms with Crippen molar-refractivity contribution in [2.24, 2.45) is 0 Å². The quantitative estimate of drug-likeness (QED) is 0.761. The molecule has 1 aromatic heterocycles. The van der Waals surface area contributed by atoms with Crippen LogP contribution in [0.1, 0.15) is 30.0 Å². The second-order valence-electron chi connectivity index (χ2n) is 5.41. The molecule has 2 aromatic rings. The smallest absolute Gasteiger partial charge is 0.264 e. The normalized spacial score (nSPS) is 14.4. The van der Waals surface area contributed by atoms with Crippen LogP contribution in [0.4, 0.5) is 13.2 Å². The number of pyridine rings is 1. The molecule has 1 aliphatic carbocycles. The van der Waals surface area contributed by atoms with Gasteiger partial charge in [-0.25, -0.2) is 13.2 Å². The van der Waals surface area contributed by atoms with E-state index in [-0.39, 0.29) is 11.1 Å². The summed E-state index contributed by atoms with van der Waals surface area (Å²) in [4.78, 5) is 4.12. The summed E-state index contributed by atoms with van der Waals surface area (Å²) in [6, 6.07) is 3.55. The first-order valence-electron chi connectivity index (χ1n) is 6.71. The van der Waals surface area contributed by atoms with Gasteiger partial charge in [-0.05, 0) is 35.6 Å². The highest BCUT2D eigenvalue weighted by Gasteiger charge is 2.26. The summed E-state index contributed by atoms with van der Waals surface area (Å²) >= 11 is 0. The zero-order valence-corrected chi connectivity index (χ0v) is 11.6. The summed E-state index contributed by atoms with van der Waals surface area (Å²) in [6.07, 6.45) is 4.98. The fourth-order valence-corrected chi connectivity index (χ4v) is 2.73. The Balaban J connectivity index is 2.15. The van der Waals surface area contributed by atoms with Crippen molar-refractivity contribution in [2.45, 2.75) is 25.7 Å². The van der Waals surface area contributed by atoms with Crippen molar-refractivity contribution in [2.75, 3.05) is 0 Å². The second-order valence-corrected chi connectivity index (χ2v) is 5.41. The van der Waals surface area contributed by atoms with E-state index < -0.39 is 11.7 Å². The summed E-state index contributed by atoms with van der Waals surface area (Å²) < 4.78 is 40.8. The Hall–Kier alpha value is -2.10. The Bertz CT molecular complexity index is 729. The molecule has 108 valence electrons. The highest BCUT2D eigenvalue weighted by molar-refractivity contribution is 5.84. The first-order chi connectivity index (χ1) is 9.88. The van der Waals surface area contributed by atoms with Crippen LogP contribution in [0.3, 0.4) is 0 Å². The third-order valence-corrected chi connectivity index (χ3v) is 3.84. The molecule has 3 rings (SSSR count). The summed E-state index contributed by atoms with van der Waals surface area (Å²) in [6.45, 7) is 4.75. The largest absolute Gasteiger partial charge is 0.270 e. The minimum atomic E-state index is -3.06. The zero-order chi connectivity index (χ0) is 15.2. The van der Waals surface area contributed by atoms with E-state index >= 15 is 0 Å². The highest BCUT2D eigenvalue weighted by Crippen LogP contribution is 2.39. The van der Waals surface area contributed by atoms with E-state index in [1.165, 1.54) is 12.1 Å². The van der Waals surface area contributed by atoms with Crippen molar-refractivity contribution in [1.29, 1.82) is 0 Å². The van der Waals surface area contributed by atoms with Crippen LogP contribution in [0.15, 0.2) is 37.2 Å². The van der Waals surface area contributed by atoms with Crippen LogP contribution < -0.4 is 0 Å². The Morgan fingerprint density at radius 1 is 1.14 bits per heavy atom. The average Bonchev–Trinajstić information content (AvgIpc) is 2.80. The number of aryl methyl sites for hydroxylation is 1. The number of hydrogen-bond donors (Lipinski definition) is 0. The molecule has 0 unspecified atom stereocenters. The van der Waals surface area contributed by atoms with Gasteiger partial charge >= 0.3 is 0 Å². The van der Waals surface area contributed by atoms with Crippen molar-refractivity contribution in [3.8, 4) is 11.1 Å². The first-order valence-corrected chi connectivity index (χ1v) is 6.71. The molecule has 0 fully saturated rings. The molecular formula is C17H14F3N. The van der Waals surface area contributed by atoms with E-state index in [2.05, 4.69) is 11.6 Å². The van der Waals surface area contributed by atoms with Crippen LogP contribution >= 0.6 is 0 Å². The van der Waals surface area contributed by atoms with Crippen LogP contribution in [0.25, 0.3) is 16.7 Å². The van der Waals surface area contributed by atoms with Gasteiger partial charge in [-0.15, -0.1) is 0 Å². The molecule has 0 atom stereocenters. The van der Waals surface area contributed by atoms with E-state index in [4.69, 9.17) is 0 Å². The lowest BCUT2D eigenvalue weighted by molar-refractivity contribution is 0.0172. The summed E-state index contributed by atoms with van der Waals surface area (Å²) in [5.41, 5.74) is 3.45. The monoisotopic (exact) mass is 289 g/mol. The topological polar surface area (TPSA) is 12.9 Å². The van der Waals surface area contributed by atoms with Gasteiger partial charge in [-0.1, -0.05) is 18.7 Å². The van der Waals surface area contributed by atoms with Crippen molar-refractivity contribution in [1.82, 2.24) is 4.98 Å². The molecule has 1 aliphatic rings. The molecule has 0 bridgehead atoms. The van der Waals surface area contributed by atoms with Gasteiger partial charge in [0.25, 0.3) is 5.92 Å². The maximum atomic E-state index is 14.3. The molecule has 1 aromatic carbocycles. The number of aromatic nitrogens is 1. The van der Waals surface area contributed by atoms with Crippen LogP contribution in [0, 0.1) is 5.82 Å². The third kappa shape index (κ3) is 2.35. The lowest BCUT2D eigenvalue weighted by atomic mass is 9.95. The molecule has 0 amide bonds. The Morgan fingerprint density at radius 2 is 1.90 bits per heavy atom. The van der Waals surface area contributed by atoms with Gasteiger partial charge in [0.15, 0.2) is 0 Å². The maximum absolute atomic E-state index is 14.3. The van der Waals surface area contributed by atoms with Gasteiger partial charge in [-0.2, -0.15) is 0 Å². The first kappa shape index (κ1) is 13.9. The molecular weight excluding hydrogens is 275 g/mol. The molecule has 0 saturated carbocycles. The third-order valence-electron chi connectivity index (χ3n) is 3.84. The van der Waals surface area contributed by atoms with Crippen LogP contribution in [0.2, 0.25) is 0 Å². The number of rotatable bonds is 2. The van der Waals surface area contributed by atoms with Gasteiger partial charge < -0.3 is 0 Å². The molecule has 4 heteroatoms. The molecule has 0 aliphatic heterocycles. The second kappa shape index (κ2) is 4.72. The lowest BCUT2D eigenvalue weighted by Gasteiger charge is -2.14. The van der Waals surface area contributed by atoms with E-state index in [0.29, 0.717) is 5.56 Å². The van der Waals surface area contributed by atoms with E-state index in [9.17, 15) is 13.2 Å². The van der Waals surface area contributed by atoms with E-state index in [1.807, 2.05) is 0 Å². The van der Waals surface area contributed by atoms with Gasteiger partial charge in [0.1, 0.15) is 5.82 Å². The number of allylic oxidation sites excluding steroid dienone is 1. The Morgan fingerprint density at radius 3 is 2.57 bits per heavy atom. The van der Waals surface area contributed by atoms with Crippen molar-refractivity contribution in [3.05, 3.63) is 59.7 Å². The lowest BCUT2D eigenvalue weighted by Crippen LogP contribution is -2.07. The van der Waals surface area contributed by atoms with E-state index in [1.54, 1.807) is 12.4 Å². The number of fused-ring (bicyclic) bond motifs is 1. The molecule has 1 nitrogen and oxygen atoms in total. The summed E-state index contributed by atoms with van der Waals surface area (Å²) in [5.74, 6) is -3.72. The standard InChI is InChI=1S/C17H14F3N/c1-10-3-4-11-8-21-9-14(16(10)11)13-6-5-12(7-15(13)18)17(2,19)20/h5-9H,1,3-4H2,2H3. The van der Waals surface area contributed by atoms with Crippen molar-refractivity contribution in [3.63, 3.8) is 0 Å². The van der Waals surface area contributed by atoms with E-state index in [0.717, 1.165) is 42.5 Å². The predicted octanol–water partition coefficient (Wildman–Crippen LogP) is 4.96. The number of hydrogen-bond acceptors (Lipinski definition) is 1. The minimum absolute atomic E-state index is 0.287. The molecule has 0 radical (unpaired) electrons.